The molecule has 142 valence electrons. The van der Waals surface area contributed by atoms with Crippen molar-refractivity contribution in [2.45, 2.75) is 19.3 Å². The molecule has 0 bridgehead atoms. The molecular weight excluding hydrogens is 350 g/mol. The molecule has 28 heavy (non-hydrogen) atoms. The number of benzene rings is 2. The zero-order valence-electron chi connectivity index (χ0n) is 15.7. The molecule has 1 amide bonds. The van der Waals surface area contributed by atoms with Crippen molar-refractivity contribution in [3.63, 3.8) is 0 Å². The molecule has 1 aromatic heterocycles. The summed E-state index contributed by atoms with van der Waals surface area (Å²) in [7, 11) is 0. The maximum absolute atomic E-state index is 12.5. The minimum atomic E-state index is -0.220. The van der Waals surface area contributed by atoms with Crippen LogP contribution in [0.5, 0.6) is 11.5 Å². The van der Waals surface area contributed by atoms with Crippen LogP contribution < -0.4 is 15.0 Å². The van der Waals surface area contributed by atoms with Crippen molar-refractivity contribution in [2.75, 3.05) is 23.3 Å². The van der Waals surface area contributed by atoms with Crippen LogP contribution in [0.25, 0.3) is 0 Å². The molecule has 1 saturated heterocycles. The van der Waals surface area contributed by atoms with Gasteiger partial charge in [-0.05, 0) is 67.8 Å². The van der Waals surface area contributed by atoms with E-state index in [2.05, 4.69) is 15.2 Å². The number of rotatable bonds is 5. The number of aromatic nitrogens is 1. The van der Waals surface area contributed by atoms with E-state index in [0.29, 0.717) is 17.1 Å². The van der Waals surface area contributed by atoms with Gasteiger partial charge >= 0.3 is 0 Å². The summed E-state index contributed by atoms with van der Waals surface area (Å²) in [6.07, 6.45) is 5.51. The Bertz CT molecular complexity index is 903. The number of carbonyl (C=O) groups is 1. The average molecular weight is 373 g/mol. The van der Waals surface area contributed by atoms with Crippen LogP contribution in [0.4, 0.5) is 11.4 Å². The van der Waals surface area contributed by atoms with Crippen LogP contribution in [0.3, 0.4) is 0 Å². The lowest BCUT2D eigenvalue weighted by molar-refractivity contribution is 0.102. The Kier molecular flexibility index (Phi) is 5.52. The van der Waals surface area contributed by atoms with E-state index in [0.717, 1.165) is 24.5 Å². The Morgan fingerprint density at radius 3 is 2.25 bits per heavy atom. The Morgan fingerprint density at radius 2 is 1.57 bits per heavy atom. The van der Waals surface area contributed by atoms with Crippen molar-refractivity contribution in [3.8, 4) is 11.5 Å². The van der Waals surface area contributed by atoms with Crippen LogP contribution >= 0.6 is 0 Å². The van der Waals surface area contributed by atoms with Gasteiger partial charge in [-0.15, -0.1) is 0 Å². The van der Waals surface area contributed by atoms with Crippen LogP contribution in [0, 0.1) is 0 Å². The standard InChI is InChI=1S/C23H23N3O2/c27-23(22-14-11-19(17-24-22)26-15-5-2-6-16-26)25-18-9-12-21(13-10-18)28-20-7-3-1-4-8-20/h1,3-4,7-14,17H,2,5-6,15-16H2,(H,25,27). The van der Waals surface area contributed by atoms with E-state index >= 15 is 0 Å². The van der Waals surface area contributed by atoms with Gasteiger partial charge in [0.2, 0.25) is 0 Å². The number of amides is 1. The fourth-order valence-electron chi connectivity index (χ4n) is 3.29. The number of nitrogens with zero attached hydrogens (tertiary/aromatic N) is 2. The monoisotopic (exact) mass is 373 g/mol. The van der Waals surface area contributed by atoms with Gasteiger partial charge in [-0.3, -0.25) is 4.79 Å². The number of piperidine rings is 1. The lowest BCUT2D eigenvalue weighted by atomic mass is 10.1. The third-order valence-corrected chi connectivity index (χ3v) is 4.79. The summed E-state index contributed by atoms with van der Waals surface area (Å²) in [5.74, 6) is 1.27. The first-order valence-electron chi connectivity index (χ1n) is 9.63. The average Bonchev–Trinajstić information content (AvgIpc) is 2.76. The SMILES string of the molecule is O=C(Nc1ccc(Oc2ccccc2)cc1)c1ccc(N2CCCCC2)cn1. The van der Waals surface area contributed by atoms with E-state index in [1.807, 2.05) is 60.7 Å². The molecule has 0 spiro atoms. The third kappa shape index (κ3) is 4.49. The largest absolute Gasteiger partial charge is 0.457 e. The second-order valence-electron chi connectivity index (χ2n) is 6.84. The Hall–Kier alpha value is -3.34. The van der Waals surface area contributed by atoms with Gasteiger partial charge in [0.1, 0.15) is 17.2 Å². The quantitative estimate of drug-likeness (QED) is 0.675. The topological polar surface area (TPSA) is 54.5 Å². The van der Waals surface area contributed by atoms with Gasteiger partial charge in [-0.1, -0.05) is 18.2 Å². The maximum Gasteiger partial charge on any atom is 0.274 e. The molecule has 0 aliphatic carbocycles. The molecule has 3 aromatic rings. The van der Waals surface area contributed by atoms with Crippen molar-refractivity contribution in [2.24, 2.45) is 0 Å². The molecule has 0 atom stereocenters. The zero-order valence-corrected chi connectivity index (χ0v) is 15.7. The summed E-state index contributed by atoms with van der Waals surface area (Å²) >= 11 is 0. The van der Waals surface area contributed by atoms with Crippen molar-refractivity contribution in [1.29, 1.82) is 0 Å². The van der Waals surface area contributed by atoms with Crippen LogP contribution in [-0.4, -0.2) is 24.0 Å². The third-order valence-electron chi connectivity index (χ3n) is 4.79. The fraction of sp³-hybridized carbons (Fsp3) is 0.217. The summed E-state index contributed by atoms with van der Waals surface area (Å²) in [5.41, 5.74) is 2.19. The van der Waals surface area contributed by atoms with E-state index in [-0.39, 0.29) is 5.91 Å². The van der Waals surface area contributed by atoms with Crippen molar-refractivity contribution < 1.29 is 9.53 Å². The Labute approximate surface area is 165 Å². The molecule has 2 aromatic carbocycles. The Balaban J connectivity index is 1.36. The molecule has 5 heteroatoms. The number of anilines is 2. The second-order valence-corrected chi connectivity index (χ2v) is 6.84. The molecule has 5 nitrogen and oxygen atoms in total. The molecule has 1 N–H and O–H groups in total. The lowest BCUT2D eigenvalue weighted by Gasteiger charge is -2.28. The molecule has 0 saturated carbocycles. The van der Waals surface area contributed by atoms with Crippen molar-refractivity contribution in [1.82, 2.24) is 4.98 Å². The summed E-state index contributed by atoms with van der Waals surface area (Å²) in [6.45, 7) is 2.12. The van der Waals surface area contributed by atoms with Crippen LogP contribution in [-0.2, 0) is 0 Å². The van der Waals surface area contributed by atoms with Crippen molar-refractivity contribution in [3.05, 3.63) is 78.6 Å². The van der Waals surface area contributed by atoms with Gasteiger partial charge in [0.05, 0.1) is 11.9 Å². The second kappa shape index (κ2) is 8.57. The van der Waals surface area contributed by atoms with Crippen LogP contribution in [0.15, 0.2) is 72.9 Å². The van der Waals surface area contributed by atoms with E-state index in [1.54, 1.807) is 12.3 Å². The molecule has 1 aliphatic heterocycles. The number of hydrogen-bond donors (Lipinski definition) is 1. The predicted molar refractivity (Wildman–Crippen MR) is 111 cm³/mol. The molecule has 4 rings (SSSR count). The minimum absolute atomic E-state index is 0.220. The highest BCUT2D eigenvalue weighted by molar-refractivity contribution is 6.02. The summed E-state index contributed by atoms with van der Waals surface area (Å²) in [5, 5.41) is 2.88. The van der Waals surface area contributed by atoms with Gasteiger partial charge in [0, 0.05) is 18.8 Å². The number of nitrogens with one attached hydrogen (secondary N) is 1. The van der Waals surface area contributed by atoms with E-state index in [9.17, 15) is 4.79 Å². The fourth-order valence-corrected chi connectivity index (χ4v) is 3.29. The molecule has 1 aliphatic rings. The number of ether oxygens (including phenoxy) is 1. The molecule has 1 fully saturated rings. The maximum atomic E-state index is 12.5. The summed E-state index contributed by atoms with van der Waals surface area (Å²) < 4.78 is 5.76. The molecule has 0 unspecified atom stereocenters. The number of para-hydroxylation sites is 1. The normalized spacial score (nSPS) is 13.8. The highest BCUT2D eigenvalue weighted by atomic mass is 16.5. The van der Waals surface area contributed by atoms with Gasteiger partial charge in [0.25, 0.3) is 5.91 Å². The van der Waals surface area contributed by atoms with E-state index in [4.69, 9.17) is 4.74 Å². The number of carbonyl (C=O) groups excluding carboxylic acids is 1. The van der Waals surface area contributed by atoms with Crippen LogP contribution in [0.2, 0.25) is 0 Å². The van der Waals surface area contributed by atoms with Gasteiger partial charge < -0.3 is 15.0 Å². The highest BCUT2D eigenvalue weighted by Crippen LogP contribution is 2.23. The van der Waals surface area contributed by atoms with E-state index in [1.165, 1.54) is 19.3 Å². The number of pyridine rings is 1. The van der Waals surface area contributed by atoms with Gasteiger partial charge in [-0.25, -0.2) is 4.98 Å². The summed E-state index contributed by atoms with van der Waals surface area (Å²) in [6, 6.07) is 20.6. The minimum Gasteiger partial charge on any atom is -0.457 e. The van der Waals surface area contributed by atoms with Gasteiger partial charge in [-0.2, -0.15) is 0 Å². The highest BCUT2D eigenvalue weighted by Gasteiger charge is 2.13. The summed E-state index contributed by atoms with van der Waals surface area (Å²) in [4.78, 5) is 19.1. The van der Waals surface area contributed by atoms with Crippen molar-refractivity contribution >= 4 is 17.3 Å². The lowest BCUT2D eigenvalue weighted by Crippen LogP contribution is -2.29. The predicted octanol–water partition coefficient (Wildman–Crippen LogP) is 5.12. The first-order valence-corrected chi connectivity index (χ1v) is 9.63. The van der Waals surface area contributed by atoms with E-state index < -0.39 is 0 Å². The zero-order chi connectivity index (χ0) is 19.2. The number of hydrogen-bond acceptors (Lipinski definition) is 4. The Morgan fingerprint density at radius 1 is 0.857 bits per heavy atom. The molecule has 0 radical (unpaired) electrons. The molecule has 2 heterocycles. The first-order chi connectivity index (χ1) is 13.8. The smallest absolute Gasteiger partial charge is 0.274 e. The van der Waals surface area contributed by atoms with Gasteiger partial charge in [0.15, 0.2) is 0 Å². The van der Waals surface area contributed by atoms with Crippen LogP contribution in [0.1, 0.15) is 29.8 Å². The molecular formula is C23H23N3O2. The first kappa shape index (κ1) is 18.0.